The lowest BCUT2D eigenvalue weighted by Crippen LogP contribution is -2.25. The number of carbonyl (C=O) groups is 1. The molecule has 0 atom stereocenters. The van der Waals surface area contributed by atoms with Gasteiger partial charge >= 0.3 is 0 Å². The topological polar surface area (TPSA) is 17.1 Å². The van der Waals surface area contributed by atoms with Crippen molar-refractivity contribution in [2.24, 2.45) is 5.41 Å². The highest BCUT2D eigenvalue weighted by Gasteiger charge is 2.27. The Bertz CT molecular complexity index is 248. The van der Waals surface area contributed by atoms with Gasteiger partial charge in [-0.25, -0.2) is 0 Å². The average Bonchev–Trinajstić information content (AvgIpc) is 2.16. The minimum absolute atomic E-state index is 0.162. The van der Waals surface area contributed by atoms with Crippen LogP contribution in [0, 0.1) is 5.41 Å². The fraction of sp³-hybridized carbons (Fsp3) is 0.786. The molecule has 0 saturated heterocycles. The van der Waals surface area contributed by atoms with Gasteiger partial charge in [-0.3, -0.25) is 4.79 Å². The Balaban J connectivity index is 2.72. The molecule has 0 saturated carbocycles. The van der Waals surface area contributed by atoms with Crippen LogP contribution < -0.4 is 0 Å². The summed E-state index contributed by atoms with van der Waals surface area (Å²) < 4.78 is 0. The van der Waals surface area contributed by atoms with Crippen molar-refractivity contribution in [3.05, 3.63) is 11.6 Å². The summed E-state index contributed by atoms with van der Waals surface area (Å²) in [6.45, 7) is 6.23. The number of ketones is 1. The number of allylic oxidation sites excluding steroid dienone is 2. The minimum atomic E-state index is -0.162. The van der Waals surface area contributed by atoms with Crippen LogP contribution in [0.5, 0.6) is 0 Å². The van der Waals surface area contributed by atoms with Crippen LogP contribution >= 0.6 is 0 Å². The van der Waals surface area contributed by atoms with Crippen LogP contribution in [-0.4, -0.2) is 5.78 Å². The van der Waals surface area contributed by atoms with Crippen molar-refractivity contribution in [2.45, 2.75) is 65.7 Å². The van der Waals surface area contributed by atoms with Crippen molar-refractivity contribution in [2.75, 3.05) is 0 Å². The van der Waals surface area contributed by atoms with E-state index in [0.717, 1.165) is 24.8 Å². The third-order valence-electron chi connectivity index (χ3n) is 3.58. The Morgan fingerprint density at radius 1 is 1.27 bits per heavy atom. The van der Waals surface area contributed by atoms with E-state index in [1.807, 2.05) is 0 Å². The van der Waals surface area contributed by atoms with Crippen LogP contribution in [0.3, 0.4) is 0 Å². The molecule has 0 fully saturated rings. The second-order valence-corrected chi connectivity index (χ2v) is 5.25. The molecule has 1 nitrogen and oxygen atoms in total. The van der Waals surface area contributed by atoms with E-state index in [1.165, 1.54) is 25.7 Å². The quantitative estimate of drug-likeness (QED) is 0.677. The molecule has 0 aromatic carbocycles. The van der Waals surface area contributed by atoms with E-state index >= 15 is 0 Å². The van der Waals surface area contributed by atoms with E-state index < -0.39 is 0 Å². The first-order valence-electron chi connectivity index (χ1n) is 6.32. The second kappa shape index (κ2) is 5.48. The third-order valence-corrected chi connectivity index (χ3v) is 3.58. The van der Waals surface area contributed by atoms with Crippen LogP contribution in [0.2, 0.25) is 0 Å². The number of hydrogen-bond acceptors (Lipinski definition) is 1. The first-order valence-corrected chi connectivity index (χ1v) is 6.32. The highest BCUT2D eigenvalue weighted by atomic mass is 16.1. The first kappa shape index (κ1) is 12.5. The molecule has 86 valence electrons. The van der Waals surface area contributed by atoms with Crippen LogP contribution in [0.4, 0.5) is 0 Å². The fourth-order valence-electron chi connectivity index (χ4n) is 1.99. The van der Waals surface area contributed by atoms with Gasteiger partial charge in [0.05, 0.1) is 0 Å². The monoisotopic (exact) mass is 208 g/mol. The number of Topliss-reactive ketones (excluding diaryl/α,β-unsaturated/α-hetero) is 1. The Morgan fingerprint density at radius 3 is 2.60 bits per heavy atom. The summed E-state index contributed by atoms with van der Waals surface area (Å²) in [4.78, 5) is 12.2. The summed E-state index contributed by atoms with van der Waals surface area (Å²) in [5.74, 6) is 0.381. The van der Waals surface area contributed by atoms with E-state index in [2.05, 4.69) is 26.8 Å². The van der Waals surface area contributed by atoms with Crippen molar-refractivity contribution in [3.63, 3.8) is 0 Å². The molecule has 1 aliphatic rings. The summed E-state index contributed by atoms with van der Waals surface area (Å²) in [6.07, 6.45) is 10.3. The predicted octanol–water partition coefficient (Wildman–Crippen LogP) is 4.27. The van der Waals surface area contributed by atoms with Gasteiger partial charge < -0.3 is 0 Å². The van der Waals surface area contributed by atoms with Crippen LogP contribution in [-0.2, 0) is 4.79 Å². The van der Waals surface area contributed by atoms with E-state index in [4.69, 9.17) is 0 Å². The van der Waals surface area contributed by atoms with Crippen molar-refractivity contribution in [1.29, 1.82) is 0 Å². The van der Waals surface area contributed by atoms with Gasteiger partial charge in [-0.1, -0.05) is 39.7 Å². The van der Waals surface area contributed by atoms with Gasteiger partial charge in [0, 0.05) is 5.41 Å². The lowest BCUT2D eigenvalue weighted by molar-refractivity contribution is -0.123. The highest BCUT2D eigenvalue weighted by Crippen LogP contribution is 2.28. The third kappa shape index (κ3) is 3.48. The molecule has 0 amide bonds. The lowest BCUT2D eigenvalue weighted by Gasteiger charge is -2.23. The lowest BCUT2D eigenvalue weighted by atomic mass is 9.79. The molecule has 0 aromatic rings. The molecule has 1 rings (SSSR count). The van der Waals surface area contributed by atoms with Gasteiger partial charge in [0.1, 0.15) is 0 Å². The molecular formula is C14H24O. The smallest absolute Gasteiger partial charge is 0.164 e. The standard InChI is InChI=1S/C14H24O/c1-4-14(2,3)13(15)12-10-8-6-5-7-9-11-12/h10H,4-9,11H2,1-3H3/b12-10+. The zero-order valence-corrected chi connectivity index (χ0v) is 10.4. The molecule has 0 radical (unpaired) electrons. The molecule has 0 bridgehead atoms. The predicted molar refractivity (Wildman–Crippen MR) is 64.9 cm³/mol. The second-order valence-electron chi connectivity index (χ2n) is 5.25. The Morgan fingerprint density at radius 2 is 1.93 bits per heavy atom. The molecular weight excluding hydrogens is 184 g/mol. The van der Waals surface area contributed by atoms with Gasteiger partial charge in [-0.05, 0) is 37.7 Å². The fourth-order valence-corrected chi connectivity index (χ4v) is 1.99. The van der Waals surface area contributed by atoms with E-state index in [1.54, 1.807) is 0 Å². The number of rotatable bonds is 3. The number of carbonyl (C=O) groups excluding carboxylic acids is 1. The number of hydrogen-bond donors (Lipinski definition) is 0. The maximum absolute atomic E-state index is 12.2. The molecule has 0 heterocycles. The molecule has 0 unspecified atom stereocenters. The van der Waals surface area contributed by atoms with Crippen molar-refractivity contribution in [3.8, 4) is 0 Å². The van der Waals surface area contributed by atoms with Crippen molar-refractivity contribution >= 4 is 5.78 Å². The minimum Gasteiger partial charge on any atom is -0.294 e. The summed E-state index contributed by atoms with van der Waals surface area (Å²) in [5.41, 5.74) is 0.937. The summed E-state index contributed by atoms with van der Waals surface area (Å²) in [5, 5.41) is 0. The molecule has 1 heteroatoms. The largest absolute Gasteiger partial charge is 0.294 e. The van der Waals surface area contributed by atoms with Gasteiger partial charge in [0.15, 0.2) is 5.78 Å². The zero-order valence-electron chi connectivity index (χ0n) is 10.4. The van der Waals surface area contributed by atoms with Gasteiger partial charge in [0.25, 0.3) is 0 Å². The summed E-state index contributed by atoms with van der Waals surface area (Å²) in [7, 11) is 0. The van der Waals surface area contributed by atoms with Crippen LogP contribution in [0.25, 0.3) is 0 Å². The maximum Gasteiger partial charge on any atom is 0.164 e. The van der Waals surface area contributed by atoms with E-state index in [0.29, 0.717) is 5.78 Å². The van der Waals surface area contributed by atoms with Crippen LogP contribution in [0.1, 0.15) is 65.7 Å². The highest BCUT2D eigenvalue weighted by molar-refractivity contribution is 5.99. The Labute approximate surface area is 93.9 Å². The van der Waals surface area contributed by atoms with Gasteiger partial charge in [0.2, 0.25) is 0 Å². The molecule has 0 N–H and O–H groups in total. The average molecular weight is 208 g/mol. The SMILES string of the molecule is CCC(C)(C)C(=O)/C1=C/CCCCCC1. The molecule has 0 aliphatic heterocycles. The van der Waals surface area contributed by atoms with E-state index in [9.17, 15) is 4.79 Å². The zero-order chi connectivity index (χ0) is 11.3. The Kier molecular flexibility index (Phi) is 4.56. The normalized spacial score (nSPS) is 22.5. The Hall–Kier alpha value is -0.590. The molecule has 15 heavy (non-hydrogen) atoms. The van der Waals surface area contributed by atoms with Crippen molar-refractivity contribution < 1.29 is 4.79 Å². The molecule has 1 aliphatic carbocycles. The van der Waals surface area contributed by atoms with Crippen LogP contribution in [0.15, 0.2) is 11.6 Å². The maximum atomic E-state index is 12.2. The summed E-state index contributed by atoms with van der Waals surface area (Å²) >= 11 is 0. The molecule has 0 spiro atoms. The van der Waals surface area contributed by atoms with Crippen molar-refractivity contribution in [1.82, 2.24) is 0 Å². The van der Waals surface area contributed by atoms with E-state index in [-0.39, 0.29) is 5.41 Å². The van der Waals surface area contributed by atoms with Gasteiger partial charge in [-0.15, -0.1) is 0 Å². The first-order chi connectivity index (χ1) is 7.08. The summed E-state index contributed by atoms with van der Waals surface area (Å²) in [6, 6.07) is 0. The van der Waals surface area contributed by atoms with Gasteiger partial charge in [-0.2, -0.15) is 0 Å². The molecule has 0 aromatic heterocycles.